The number of nitrogens with zero attached hydrogens (tertiary/aromatic N) is 1. The number of piperidine rings is 1. The van der Waals surface area contributed by atoms with Gasteiger partial charge in [0.15, 0.2) is 0 Å². The van der Waals surface area contributed by atoms with Crippen molar-refractivity contribution in [2.75, 3.05) is 18.9 Å². The number of Topliss-reactive ketones (excluding diaryl/α,β-unsaturated/α-hetero) is 1. The van der Waals surface area contributed by atoms with Crippen LogP contribution in [0.5, 0.6) is 0 Å². The molecule has 0 aromatic heterocycles. The molecule has 2 unspecified atom stereocenters. The minimum absolute atomic E-state index is 0.0165. The number of sulfonamides is 1. The predicted octanol–water partition coefficient (Wildman–Crippen LogP) is 1.96. The van der Waals surface area contributed by atoms with Crippen LogP contribution in [0.15, 0.2) is 0 Å². The van der Waals surface area contributed by atoms with Crippen LogP contribution in [0.25, 0.3) is 0 Å². The summed E-state index contributed by atoms with van der Waals surface area (Å²) in [7, 11) is -3.33. The second-order valence-electron chi connectivity index (χ2n) is 6.37. The van der Waals surface area contributed by atoms with Gasteiger partial charge in [-0.15, -0.1) is 0 Å². The van der Waals surface area contributed by atoms with Gasteiger partial charge in [-0.25, -0.2) is 8.42 Å². The van der Waals surface area contributed by atoms with Gasteiger partial charge in [0.1, 0.15) is 5.78 Å². The van der Waals surface area contributed by atoms with E-state index >= 15 is 0 Å². The number of carbonyl (C=O) groups excluding carboxylic acids is 1. The van der Waals surface area contributed by atoms with Crippen molar-refractivity contribution in [2.45, 2.75) is 64.5 Å². The van der Waals surface area contributed by atoms with Crippen LogP contribution in [0.3, 0.4) is 0 Å². The van der Waals surface area contributed by atoms with Crippen molar-refractivity contribution in [3.05, 3.63) is 0 Å². The minimum atomic E-state index is -3.33. The topological polar surface area (TPSA) is 63.7 Å². The average molecular weight is 317 g/mol. The van der Waals surface area contributed by atoms with Crippen molar-refractivity contribution in [1.29, 1.82) is 0 Å². The second-order valence-corrected chi connectivity index (χ2v) is 8.42. The van der Waals surface area contributed by atoms with Crippen LogP contribution in [0.2, 0.25) is 0 Å². The fourth-order valence-electron chi connectivity index (χ4n) is 3.43. The van der Waals surface area contributed by atoms with Crippen LogP contribution >= 0.6 is 0 Å². The standard InChI is InChI=1S/C15H27NO4S/c1-12(2)20-10-11-21(18,19)16-9-4-3-7-14(16)13-6-5-8-15(13)17/h12-14H,3-11H2,1-2H3. The van der Waals surface area contributed by atoms with Crippen LogP contribution < -0.4 is 0 Å². The van der Waals surface area contributed by atoms with Gasteiger partial charge in [0.25, 0.3) is 0 Å². The van der Waals surface area contributed by atoms with E-state index in [1.165, 1.54) is 0 Å². The molecule has 1 saturated carbocycles. The minimum Gasteiger partial charge on any atom is -0.378 e. The highest BCUT2D eigenvalue weighted by atomic mass is 32.2. The van der Waals surface area contributed by atoms with Crippen molar-refractivity contribution >= 4 is 15.8 Å². The second kappa shape index (κ2) is 7.20. The fourth-order valence-corrected chi connectivity index (χ4v) is 5.05. The number of carbonyl (C=O) groups is 1. The van der Waals surface area contributed by atoms with Crippen LogP contribution in [0, 0.1) is 5.92 Å². The molecule has 0 radical (unpaired) electrons. The van der Waals surface area contributed by atoms with Crippen LogP contribution in [-0.4, -0.2) is 49.6 Å². The molecule has 5 nitrogen and oxygen atoms in total. The van der Waals surface area contributed by atoms with E-state index in [1.54, 1.807) is 4.31 Å². The molecule has 0 bridgehead atoms. The summed E-state index contributed by atoms with van der Waals surface area (Å²) in [6.45, 7) is 4.57. The number of hydrogen-bond acceptors (Lipinski definition) is 4. The molecule has 0 aromatic carbocycles. The van der Waals surface area contributed by atoms with Crippen molar-refractivity contribution in [3.8, 4) is 0 Å². The zero-order valence-electron chi connectivity index (χ0n) is 13.1. The Morgan fingerprint density at radius 1 is 1.24 bits per heavy atom. The summed E-state index contributed by atoms with van der Waals surface area (Å²) in [6, 6.07) is -0.113. The van der Waals surface area contributed by atoms with E-state index in [9.17, 15) is 13.2 Å². The highest BCUT2D eigenvalue weighted by Crippen LogP contribution is 2.34. The molecule has 0 amide bonds. The van der Waals surface area contributed by atoms with E-state index in [-0.39, 0.29) is 36.2 Å². The number of rotatable bonds is 6. The van der Waals surface area contributed by atoms with E-state index in [4.69, 9.17) is 4.74 Å². The Morgan fingerprint density at radius 3 is 2.62 bits per heavy atom. The normalized spacial score (nSPS) is 28.4. The first-order valence-corrected chi connectivity index (χ1v) is 9.66. The zero-order valence-corrected chi connectivity index (χ0v) is 13.9. The van der Waals surface area contributed by atoms with Crippen LogP contribution in [0.4, 0.5) is 0 Å². The largest absolute Gasteiger partial charge is 0.378 e. The number of ketones is 1. The maximum absolute atomic E-state index is 12.6. The molecule has 0 spiro atoms. The van der Waals surface area contributed by atoms with Crippen molar-refractivity contribution < 1.29 is 17.9 Å². The van der Waals surface area contributed by atoms with Crippen LogP contribution in [0.1, 0.15) is 52.4 Å². The summed E-state index contributed by atoms with van der Waals surface area (Å²) in [6.07, 6.45) is 5.13. The quantitative estimate of drug-likeness (QED) is 0.751. The van der Waals surface area contributed by atoms with Gasteiger partial charge >= 0.3 is 0 Å². The summed E-state index contributed by atoms with van der Waals surface area (Å²) in [5.41, 5.74) is 0. The van der Waals surface area contributed by atoms with Gasteiger partial charge in [0, 0.05) is 24.9 Å². The van der Waals surface area contributed by atoms with Crippen molar-refractivity contribution in [3.63, 3.8) is 0 Å². The summed E-state index contributed by atoms with van der Waals surface area (Å²) in [5, 5.41) is 0. The van der Waals surface area contributed by atoms with Gasteiger partial charge in [-0.3, -0.25) is 4.79 Å². The third-order valence-corrected chi connectivity index (χ3v) is 6.31. The zero-order chi connectivity index (χ0) is 15.5. The third kappa shape index (κ3) is 4.27. The van der Waals surface area contributed by atoms with Gasteiger partial charge in [0.2, 0.25) is 10.0 Å². The molecule has 1 aliphatic carbocycles. The Kier molecular flexibility index (Phi) is 5.80. The summed E-state index contributed by atoms with van der Waals surface area (Å²) in [5.74, 6) is 0.189. The van der Waals surface area contributed by atoms with Crippen molar-refractivity contribution in [1.82, 2.24) is 4.31 Å². The first-order chi connectivity index (χ1) is 9.92. The molecule has 0 aromatic rings. The molecule has 1 heterocycles. The Labute approximate surface area is 128 Å². The molecule has 2 rings (SSSR count). The Morgan fingerprint density at radius 2 is 2.00 bits per heavy atom. The summed E-state index contributed by atoms with van der Waals surface area (Å²) >= 11 is 0. The van der Waals surface area contributed by atoms with E-state index in [0.717, 1.165) is 32.1 Å². The summed E-state index contributed by atoms with van der Waals surface area (Å²) in [4.78, 5) is 12.0. The van der Waals surface area contributed by atoms with Gasteiger partial charge in [-0.2, -0.15) is 4.31 Å². The smallest absolute Gasteiger partial charge is 0.216 e. The number of ether oxygens (including phenoxy) is 1. The molecule has 0 N–H and O–H groups in total. The van der Waals surface area contributed by atoms with E-state index in [0.29, 0.717) is 13.0 Å². The molecular formula is C15H27NO4S. The lowest BCUT2D eigenvalue weighted by molar-refractivity contribution is -0.122. The first kappa shape index (κ1) is 16.9. The molecule has 2 aliphatic rings. The Bertz CT molecular complexity index is 460. The highest BCUT2D eigenvalue weighted by molar-refractivity contribution is 7.89. The van der Waals surface area contributed by atoms with Gasteiger partial charge in [-0.1, -0.05) is 6.42 Å². The molecule has 2 fully saturated rings. The SMILES string of the molecule is CC(C)OCCS(=O)(=O)N1CCCCC1C1CCCC1=O. The van der Waals surface area contributed by atoms with Gasteiger partial charge in [0.05, 0.1) is 18.5 Å². The molecular weight excluding hydrogens is 290 g/mol. The van der Waals surface area contributed by atoms with E-state index < -0.39 is 10.0 Å². The molecule has 122 valence electrons. The molecule has 2 atom stereocenters. The Balaban J connectivity index is 2.05. The predicted molar refractivity (Wildman–Crippen MR) is 81.6 cm³/mol. The third-order valence-electron chi connectivity index (χ3n) is 4.46. The molecule has 1 aliphatic heterocycles. The first-order valence-electron chi connectivity index (χ1n) is 8.05. The number of hydrogen-bond donors (Lipinski definition) is 0. The highest BCUT2D eigenvalue weighted by Gasteiger charge is 2.41. The van der Waals surface area contributed by atoms with Gasteiger partial charge in [-0.05, 0) is 39.5 Å². The fraction of sp³-hybridized carbons (Fsp3) is 0.933. The maximum atomic E-state index is 12.6. The lowest BCUT2D eigenvalue weighted by atomic mass is 9.90. The van der Waals surface area contributed by atoms with Gasteiger partial charge < -0.3 is 4.74 Å². The lowest BCUT2D eigenvalue weighted by Gasteiger charge is -2.37. The Hall–Kier alpha value is -0.460. The monoisotopic (exact) mass is 317 g/mol. The van der Waals surface area contributed by atoms with E-state index in [2.05, 4.69) is 0 Å². The molecule has 1 saturated heterocycles. The molecule has 6 heteroatoms. The summed E-state index contributed by atoms with van der Waals surface area (Å²) < 4.78 is 32.1. The van der Waals surface area contributed by atoms with Crippen molar-refractivity contribution in [2.24, 2.45) is 5.92 Å². The lowest BCUT2D eigenvalue weighted by Crippen LogP contribution is -2.49. The van der Waals surface area contributed by atoms with Crippen LogP contribution in [-0.2, 0) is 19.6 Å². The maximum Gasteiger partial charge on any atom is 0.216 e. The average Bonchev–Trinajstić information content (AvgIpc) is 2.84. The van der Waals surface area contributed by atoms with E-state index in [1.807, 2.05) is 13.8 Å². The molecule has 21 heavy (non-hydrogen) atoms.